The molecule has 1 fully saturated rings. The number of hydrogen-bond donors (Lipinski definition) is 1. The van der Waals surface area contributed by atoms with Gasteiger partial charge in [-0.1, -0.05) is 24.3 Å². The highest BCUT2D eigenvalue weighted by molar-refractivity contribution is 5.95. The van der Waals surface area contributed by atoms with Gasteiger partial charge in [0.25, 0.3) is 0 Å². The second-order valence-corrected chi connectivity index (χ2v) is 6.54. The number of methoxy groups -OCH3 is 1. The summed E-state index contributed by atoms with van der Waals surface area (Å²) in [6, 6.07) is 13.4. The number of nitrogens with zero attached hydrogens (tertiary/aromatic N) is 1. The molecule has 0 saturated carbocycles. The number of amides is 2. The molecule has 2 atom stereocenters. The van der Waals surface area contributed by atoms with Crippen LogP contribution in [0.1, 0.15) is 30.5 Å². The second-order valence-electron chi connectivity index (χ2n) is 6.54. The fourth-order valence-corrected chi connectivity index (χ4v) is 3.68. The molecule has 1 N–H and O–H groups in total. The first-order valence-corrected chi connectivity index (χ1v) is 8.05. The number of rotatable bonds is 2. The van der Waals surface area contributed by atoms with E-state index in [2.05, 4.69) is 5.32 Å². The Morgan fingerprint density at radius 1 is 1.29 bits per heavy atom. The molecule has 0 aliphatic carbocycles. The highest BCUT2D eigenvalue weighted by Gasteiger charge is 2.50. The van der Waals surface area contributed by atoms with Crippen LogP contribution in [0.4, 0.5) is 10.5 Å². The van der Waals surface area contributed by atoms with Crippen LogP contribution in [0.3, 0.4) is 0 Å². The van der Waals surface area contributed by atoms with E-state index in [0.717, 1.165) is 16.8 Å². The summed E-state index contributed by atoms with van der Waals surface area (Å²) in [5.74, 6) is 1.39. The molecular formula is C19H20N2O3. The number of benzene rings is 2. The molecule has 2 heterocycles. The zero-order valence-corrected chi connectivity index (χ0v) is 14.0. The van der Waals surface area contributed by atoms with Gasteiger partial charge in [-0.25, -0.2) is 4.79 Å². The first-order chi connectivity index (χ1) is 11.5. The van der Waals surface area contributed by atoms with Gasteiger partial charge in [-0.2, -0.15) is 0 Å². The predicted molar refractivity (Wildman–Crippen MR) is 91.6 cm³/mol. The number of ether oxygens (including phenoxy) is 2. The number of aryl methyl sites for hydroxylation is 1. The van der Waals surface area contributed by atoms with Crippen molar-refractivity contribution in [3.05, 3.63) is 53.6 Å². The van der Waals surface area contributed by atoms with Gasteiger partial charge < -0.3 is 14.8 Å². The van der Waals surface area contributed by atoms with E-state index in [1.165, 1.54) is 0 Å². The minimum atomic E-state index is -0.761. The van der Waals surface area contributed by atoms with Crippen LogP contribution >= 0.6 is 0 Å². The van der Waals surface area contributed by atoms with Gasteiger partial charge in [0.05, 0.1) is 13.2 Å². The maximum Gasteiger partial charge on any atom is 0.325 e. The summed E-state index contributed by atoms with van der Waals surface area (Å²) in [6.45, 7) is 3.97. The zero-order valence-electron chi connectivity index (χ0n) is 14.0. The first kappa shape index (κ1) is 14.9. The summed E-state index contributed by atoms with van der Waals surface area (Å²) < 4.78 is 11.8. The molecule has 2 aliphatic heterocycles. The Bertz CT molecular complexity index is 820. The van der Waals surface area contributed by atoms with E-state index >= 15 is 0 Å². The maximum absolute atomic E-state index is 12.8. The van der Waals surface area contributed by atoms with Crippen LogP contribution in [0.2, 0.25) is 0 Å². The smallest absolute Gasteiger partial charge is 0.325 e. The van der Waals surface area contributed by atoms with E-state index in [4.69, 9.17) is 9.47 Å². The molecular weight excluding hydrogens is 304 g/mol. The third kappa shape index (κ3) is 2.12. The van der Waals surface area contributed by atoms with Crippen molar-refractivity contribution in [1.82, 2.24) is 5.32 Å². The molecule has 2 aromatic rings. The molecule has 0 spiro atoms. The molecule has 2 aromatic carbocycles. The number of hydrogen-bond acceptors (Lipinski definition) is 3. The molecule has 0 aromatic heterocycles. The van der Waals surface area contributed by atoms with Crippen molar-refractivity contribution in [3.8, 4) is 11.5 Å². The summed E-state index contributed by atoms with van der Waals surface area (Å²) in [7, 11) is 1.63. The predicted octanol–water partition coefficient (Wildman–Crippen LogP) is 3.77. The Labute approximate surface area is 141 Å². The molecule has 5 heteroatoms. The van der Waals surface area contributed by atoms with Crippen molar-refractivity contribution in [2.24, 2.45) is 0 Å². The summed E-state index contributed by atoms with van der Waals surface area (Å²) >= 11 is 0. The Kier molecular flexibility index (Phi) is 3.20. The first-order valence-electron chi connectivity index (χ1n) is 8.05. The lowest BCUT2D eigenvalue weighted by Crippen LogP contribution is -2.65. The molecule has 2 amide bonds. The van der Waals surface area contributed by atoms with E-state index in [0.29, 0.717) is 17.9 Å². The Balaban J connectivity index is 1.83. The summed E-state index contributed by atoms with van der Waals surface area (Å²) in [6.07, 6.45) is 0.673. The van der Waals surface area contributed by atoms with E-state index in [-0.39, 0.29) is 12.1 Å². The van der Waals surface area contributed by atoms with Gasteiger partial charge >= 0.3 is 6.03 Å². The summed E-state index contributed by atoms with van der Waals surface area (Å²) in [4.78, 5) is 14.5. The van der Waals surface area contributed by atoms with Crippen LogP contribution in [-0.2, 0) is 0 Å². The molecule has 5 nitrogen and oxygen atoms in total. The van der Waals surface area contributed by atoms with Gasteiger partial charge in [-0.3, -0.25) is 4.90 Å². The lowest BCUT2D eigenvalue weighted by molar-refractivity contribution is 0.0349. The Morgan fingerprint density at radius 3 is 2.83 bits per heavy atom. The second kappa shape index (κ2) is 5.16. The topological polar surface area (TPSA) is 50.8 Å². The van der Waals surface area contributed by atoms with Crippen LogP contribution in [0.15, 0.2) is 42.5 Å². The normalized spacial score (nSPS) is 24.7. The quantitative estimate of drug-likeness (QED) is 0.915. The van der Waals surface area contributed by atoms with Crippen molar-refractivity contribution in [2.75, 3.05) is 12.0 Å². The third-order valence-corrected chi connectivity index (χ3v) is 4.74. The van der Waals surface area contributed by atoms with Crippen molar-refractivity contribution in [1.29, 1.82) is 0 Å². The lowest BCUT2D eigenvalue weighted by atomic mass is 9.90. The van der Waals surface area contributed by atoms with Crippen LogP contribution in [0, 0.1) is 6.92 Å². The number of fused-ring (bicyclic) bond motifs is 4. The van der Waals surface area contributed by atoms with Crippen molar-refractivity contribution < 1.29 is 14.3 Å². The van der Waals surface area contributed by atoms with Crippen molar-refractivity contribution in [3.63, 3.8) is 0 Å². The molecule has 24 heavy (non-hydrogen) atoms. The average molecular weight is 324 g/mol. The number of carbonyl (C=O) groups is 1. The van der Waals surface area contributed by atoms with Gasteiger partial charge in [0.15, 0.2) is 17.2 Å². The molecule has 0 unspecified atom stereocenters. The van der Waals surface area contributed by atoms with E-state index in [1.54, 1.807) is 12.0 Å². The van der Waals surface area contributed by atoms with E-state index in [1.807, 2.05) is 56.3 Å². The number of carbonyl (C=O) groups excluding carboxylic acids is 1. The number of urea groups is 1. The van der Waals surface area contributed by atoms with Gasteiger partial charge in [0, 0.05) is 17.7 Å². The van der Waals surface area contributed by atoms with Crippen LogP contribution in [-0.4, -0.2) is 18.9 Å². The standard InChI is InChI=1S/C19H20N2O3/c1-12-6-4-7-13(10-12)21-18(22)20-15-11-19(21,2)24-17-14(15)8-5-9-16(17)23-3/h4-10,15H,11H2,1-3H3,(H,20,22)/t15-,19+/m0/s1. The fraction of sp³-hybridized carbons (Fsp3) is 0.316. The van der Waals surface area contributed by atoms with Gasteiger partial charge in [-0.05, 0) is 37.6 Å². The Hall–Kier alpha value is -2.69. The van der Waals surface area contributed by atoms with Gasteiger partial charge in [-0.15, -0.1) is 0 Å². The highest BCUT2D eigenvalue weighted by atomic mass is 16.5. The third-order valence-electron chi connectivity index (χ3n) is 4.74. The average Bonchev–Trinajstić information content (AvgIpc) is 2.53. The lowest BCUT2D eigenvalue weighted by Gasteiger charge is -2.50. The molecule has 124 valence electrons. The monoisotopic (exact) mass is 324 g/mol. The van der Waals surface area contributed by atoms with Crippen LogP contribution in [0.5, 0.6) is 11.5 Å². The molecule has 2 bridgehead atoms. The van der Waals surface area contributed by atoms with Crippen molar-refractivity contribution in [2.45, 2.75) is 32.0 Å². The highest BCUT2D eigenvalue weighted by Crippen LogP contribution is 2.48. The molecule has 4 rings (SSSR count). The van der Waals surface area contributed by atoms with E-state index in [9.17, 15) is 4.79 Å². The number of para-hydroxylation sites is 1. The number of anilines is 1. The van der Waals surface area contributed by atoms with Crippen molar-refractivity contribution >= 4 is 11.7 Å². The molecule has 0 radical (unpaired) electrons. The van der Waals surface area contributed by atoms with E-state index < -0.39 is 5.72 Å². The van der Waals surface area contributed by atoms with Gasteiger partial charge in [0.2, 0.25) is 0 Å². The minimum absolute atomic E-state index is 0.0811. The summed E-state index contributed by atoms with van der Waals surface area (Å²) in [5.41, 5.74) is 2.12. The zero-order chi connectivity index (χ0) is 16.9. The summed E-state index contributed by atoms with van der Waals surface area (Å²) in [5, 5.41) is 3.10. The van der Waals surface area contributed by atoms with Crippen LogP contribution < -0.4 is 19.7 Å². The minimum Gasteiger partial charge on any atom is -0.493 e. The van der Waals surface area contributed by atoms with Gasteiger partial charge in [0.1, 0.15) is 0 Å². The number of nitrogens with one attached hydrogen (secondary N) is 1. The van der Waals surface area contributed by atoms with Crippen LogP contribution in [0.25, 0.3) is 0 Å². The largest absolute Gasteiger partial charge is 0.493 e. The fourth-order valence-electron chi connectivity index (χ4n) is 3.68. The molecule has 1 saturated heterocycles. The Morgan fingerprint density at radius 2 is 2.08 bits per heavy atom. The molecule has 2 aliphatic rings. The SMILES string of the molecule is COc1cccc2c1O[C@]1(C)C[C@@H]2NC(=O)N1c1cccc(C)c1. The maximum atomic E-state index is 12.8.